The molecule has 0 bridgehead atoms. The first-order valence-electron chi connectivity index (χ1n) is 9.18. The normalized spacial score (nSPS) is 14.0. The number of benzene rings is 2. The molecule has 1 aliphatic carbocycles. The maximum absolute atomic E-state index is 12.4. The standard InChI is InChI=1S/C22H23NO4/c1-14(24)16-9-11-20(12-10-16)23-21(25)15(2)27-22(26)19-8-7-17-5-3-4-6-18(17)13-19/h7-13,15H,3-6H2,1-2H3,(H,23,25)/t15-/m1/s1. The Hall–Kier alpha value is -2.95. The second-order valence-corrected chi connectivity index (χ2v) is 6.86. The van der Waals surface area contributed by atoms with Crippen molar-refractivity contribution in [2.45, 2.75) is 45.6 Å². The lowest BCUT2D eigenvalue weighted by Gasteiger charge is -2.17. The van der Waals surface area contributed by atoms with Gasteiger partial charge in [0.1, 0.15) is 0 Å². The Labute approximate surface area is 158 Å². The van der Waals surface area contributed by atoms with Crippen molar-refractivity contribution in [2.24, 2.45) is 0 Å². The molecule has 2 aromatic carbocycles. The number of carbonyl (C=O) groups excluding carboxylic acids is 3. The number of ketones is 1. The Morgan fingerprint density at radius 3 is 2.22 bits per heavy atom. The van der Waals surface area contributed by atoms with Crippen LogP contribution in [0, 0.1) is 0 Å². The summed E-state index contributed by atoms with van der Waals surface area (Å²) in [6.07, 6.45) is 3.41. The van der Waals surface area contributed by atoms with Gasteiger partial charge < -0.3 is 10.1 Å². The first-order chi connectivity index (χ1) is 12.9. The average Bonchev–Trinajstić information content (AvgIpc) is 2.67. The summed E-state index contributed by atoms with van der Waals surface area (Å²) in [6.45, 7) is 3.02. The van der Waals surface area contributed by atoms with E-state index in [1.807, 2.05) is 12.1 Å². The van der Waals surface area contributed by atoms with E-state index < -0.39 is 18.0 Å². The molecule has 140 valence electrons. The molecule has 5 heteroatoms. The highest BCUT2D eigenvalue weighted by Gasteiger charge is 2.20. The highest BCUT2D eigenvalue weighted by atomic mass is 16.5. The molecular formula is C22H23NO4. The molecule has 1 atom stereocenters. The Morgan fingerprint density at radius 2 is 1.56 bits per heavy atom. The van der Waals surface area contributed by atoms with E-state index in [1.165, 1.54) is 31.4 Å². The number of Topliss-reactive ketones (excluding diaryl/α,β-unsaturated/α-hetero) is 1. The molecule has 0 radical (unpaired) electrons. The number of anilines is 1. The molecule has 0 spiro atoms. The van der Waals surface area contributed by atoms with Gasteiger partial charge in [-0.25, -0.2) is 4.79 Å². The van der Waals surface area contributed by atoms with E-state index in [9.17, 15) is 14.4 Å². The molecule has 27 heavy (non-hydrogen) atoms. The van der Waals surface area contributed by atoms with Crippen LogP contribution in [0.5, 0.6) is 0 Å². The summed E-state index contributed by atoms with van der Waals surface area (Å²) < 4.78 is 5.32. The van der Waals surface area contributed by atoms with E-state index >= 15 is 0 Å². The fraction of sp³-hybridized carbons (Fsp3) is 0.318. The van der Waals surface area contributed by atoms with Gasteiger partial charge in [0.2, 0.25) is 0 Å². The number of hydrogen-bond donors (Lipinski definition) is 1. The van der Waals surface area contributed by atoms with Gasteiger partial charge in [-0.1, -0.05) is 6.07 Å². The van der Waals surface area contributed by atoms with Crippen LogP contribution in [0.15, 0.2) is 42.5 Å². The van der Waals surface area contributed by atoms with Crippen LogP contribution in [0.1, 0.15) is 58.5 Å². The topological polar surface area (TPSA) is 72.5 Å². The van der Waals surface area contributed by atoms with E-state index in [1.54, 1.807) is 30.3 Å². The third-order valence-corrected chi connectivity index (χ3v) is 4.80. The van der Waals surface area contributed by atoms with Gasteiger partial charge in [-0.3, -0.25) is 9.59 Å². The molecule has 0 aliphatic heterocycles. The van der Waals surface area contributed by atoms with Crippen LogP contribution < -0.4 is 5.32 Å². The van der Waals surface area contributed by atoms with Crippen molar-refractivity contribution in [3.8, 4) is 0 Å². The van der Waals surface area contributed by atoms with Gasteiger partial charge >= 0.3 is 5.97 Å². The fourth-order valence-corrected chi connectivity index (χ4v) is 3.17. The zero-order valence-corrected chi connectivity index (χ0v) is 15.6. The average molecular weight is 365 g/mol. The van der Waals surface area contributed by atoms with Crippen molar-refractivity contribution >= 4 is 23.3 Å². The van der Waals surface area contributed by atoms with Crippen molar-refractivity contribution in [2.75, 3.05) is 5.32 Å². The molecule has 0 aromatic heterocycles. The van der Waals surface area contributed by atoms with Gasteiger partial charge in [0, 0.05) is 11.3 Å². The Bertz CT molecular complexity index is 870. The summed E-state index contributed by atoms with van der Waals surface area (Å²) >= 11 is 0. The van der Waals surface area contributed by atoms with Gasteiger partial charge in [-0.05, 0) is 87.1 Å². The first kappa shape index (κ1) is 18.8. The van der Waals surface area contributed by atoms with Crippen molar-refractivity contribution in [3.63, 3.8) is 0 Å². The van der Waals surface area contributed by atoms with Crippen LogP contribution >= 0.6 is 0 Å². The first-order valence-corrected chi connectivity index (χ1v) is 9.18. The molecule has 0 heterocycles. The Balaban J connectivity index is 1.60. The van der Waals surface area contributed by atoms with Gasteiger partial charge in [0.15, 0.2) is 11.9 Å². The Kier molecular flexibility index (Phi) is 5.69. The van der Waals surface area contributed by atoms with Gasteiger partial charge in [0.05, 0.1) is 5.56 Å². The van der Waals surface area contributed by atoms with Crippen molar-refractivity contribution in [1.82, 2.24) is 0 Å². The number of esters is 1. The summed E-state index contributed by atoms with van der Waals surface area (Å²) in [6, 6.07) is 12.2. The number of aryl methyl sites for hydroxylation is 2. The molecule has 0 fully saturated rings. The van der Waals surface area contributed by atoms with Crippen LogP contribution in [0.3, 0.4) is 0 Å². The lowest BCUT2D eigenvalue weighted by Crippen LogP contribution is -2.30. The van der Waals surface area contributed by atoms with E-state index in [4.69, 9.17) is 4.74 Å². The number of fused-ring (bicyclic) bond motifs is 1. The molecule has 0 saturated heterocycles. The third-order valence-electron chi connectivity index (χ3n) is 4.80. The van der Waals surface area contributed by atoms with Crippen molar-refractivity contribution < 1.29 is 19.1 Å². The van der Waals surface area contributed by atoms with Crippen LogP contribution in [0.25, 0.3) is 0 Å². The van der Waals surface area contributed by atoms with E-state index in [0.717, 1.165) is 19.3 Å². The van der Waals surface area contributed by atoms with E-state index in [0.29, 0.717) is 16.8 Å². The smallest absolute Gasteiger partial charge is 0.338 e. The molecule has 1 N–H and O–H groups in total. The number of hydrogen-bond acceptors (Lipinski definition) is 4. The Morgan fingerprint density at radius 1 is 0.926 bits per heavy atom. The SMILES string of the molecule is CC(=O)c1ccc(NC(=O)[C@@H](C)OC(=O)c2ccc3c(c2)CCCC3)cc1. The maximum atomic E-state index is 12.4. The third kappa shape index (κ3) is 4.61. The summed E-state index contributed by atoms with van der Waals surface area (Å²) in [5.74, 6) is -0.963. The van der Waals surface area contributed by atoms with E-state index in [2.05, 4.69) is 5.32 Å². The summed E-state index contributed by atoms with van der Waals surface area (Å²) in [5.41, 5.74) is 4.07. The molecule has 0 saturated carbocycles. The lowest BCUT2D eigenvalue weighted by atomic mass is 9.90. The van der Waals surface area contributed by atoms with Gasteiger partial charge in [-0.2, -0.15) is 0 Å². The minimum atomic E-state index is -0.930. The minimum Gasteiger partial charge on any atom is -0.449 e. The fourth-order valence-electron chi connectivity index (χ4n) is 3.17. The number of ether oxygens (including phenoxy) is 1. The van der Waals surface area contributed by atoms with Gasteiger partial charge in [-0.15, -0.1) is 0 Å². The highest BCUT2D eigenvalue weighted by molar-refractivity contribution is 5.98. The van der Waals surface area contributed by atoms with Gasteiger partial charge in [0.25, 0.3) is 5.91 Å². The predicted molar refractivity (Wildman–Crippen MR) is 103 cm³/mol. The molecule has 3 rings (SSSR count). The van der Waals surface area contributed by atoms with Crippen molar-refractivity contribution in [3.05, 3.63) is 64.7 Å². The van der Waals surface area contributed by atoms with Crippen LogP contribution in [0.2, 0.25) is 0 Å². The van der Waals surface area contributed by atoms with Crippen LogP contribution in [0.4, 0.5) is 5.69 Å². The largest absolute Gasteiger partial charge is 0.449 e. The number of nitrogens with one attached hydrogen (secondary N) is 1. The highest BCUT2D eigenvalue weighted by Crippen LogP contribution is 2.22. The number of carbonyl (C=O) groups is 3. The molecule has 1 amide bonds. The molecular weight excluding hydrogens is 342 g/mol. The number of rotatable bonds is 5. The second-order valence-electron chi connectivity index (χ2n) is 6.86. The number of amides is 1. The van der Waals surface area contributed by atoms with Crippen LogP contribution in [-0.2, 0) is 22.4 Å². The summed E-state index contributed by atoms with van der Waals surface area (Å²) in [4.78, 5) is 35.9. The lowest BCUT2D eigenvalue weighted by molar-refractivity contribution is -0.123. The predicted octanol–water partition coefficient (Wildman–Crippen LogP) is 3.95. The van der Waals surface area contributed by atoms with Crippen molar-refractivity contribution in [1.29, 1.82) is 0 Å². The molecule has 5 nitrogen and oxygen atoms in total. The minimum absolute atomic E-state index is 0.0415. The monoisotopic (exact) mass is 365 g/mol. The molecule has 2 aromatic rings. The second kappa shape index (κ2) is 8.16. The van der Waals surface area contributed by atoms with Crippen LogP contribution in [-0.4, -0.2) is 23.8 Å². The molecule has 1 aliphatic rings. The quantitative estimate of drug-likeness (QED) is 0.643. The zero-order valence-electron chi connectivity index (χ0n) is 15.6. The summed E-state index contributed by atoms with van der Waals surface area (Å²) in [7, 11) is 0. The molecule has 0 unspecified atom stereocenters. The summed E-state index contributed by atoms with van der Waals surface area (Å²) in [5, 5.41) is 2.69. The van der Waals surface area contributed by atoms with E-state index in [-0.39, 0.29) is 5.78 Å². The maximum Gasteiger partial charge on any atom is 0.338 e. The zero-order chi connectivity index (χ0) is 19.4.